The Hall–Kier alpha value is -1.07. The number of amides is 2. The van der Waals surface area contributed by atoms with Gasteiger partial charge in [0.2, 0.25) is 0 Å². The van der Waals surface area contributed by atoms with Crippen molar-refractivity contribution < 1.29 is 9.53 Å². The van der Waals surface area contributed by atoms with Crippen molar-refractivity contribution in [3.63, 3.8) is 0 Å². The van der Waals surface area contributed by atoms with Crippen LogP contribution in [0.2, 0.25) is 0 Å². The third-order valence-electron chi connectivity index (χ3n) is 2.90. The summed E-state index contributed by atoms with van der Waals surface area (Å²) in [6.45, 7) is 3.31. The highest BCUT2D eigenvalue weighted by atomic mass is 79.9. The van der Waals surface area contributed by atoms with Gasteiger partial charge in [-0.05, 0) is 24.1 Å². The minimum Gasteiger partial charge on any atom is -0.378 e. The minimum atomic E-state index is 0.00964. The maximum atomic E-state index is 11.8. The van der Waals surface area contributed by atoms with Crippen LogP contribution in [0, 0.1) is 0 Å². The average Bonchev–Trinajstić information content (AvgIpc) is 2.42. The van der Waals surface area contributed by atoms with Crippen LogP contribution in [0.5, 0.6) is 0 Å². The molecule has 1 heterocycles. The van der Waals surface area contributed by atoms with E-state index < -0.39 is 0 Å². The molecule has 1 aromatic carbocycles. The van der Waals surface area contributed by atoms with Crippen molar-refractivity contribution in [3.05, 3.63) is 34.3 Å². The first kappa shape index (κ1) is 13.4. The zero-order valence-electron chi connectivity index (χ0n) is 10.2. The van der Waals surface area contributed by atoms with Gasteiger partial charge in [-0.1, -0.05) is 28.1 Å². The Kier molecular flexibility index (Phi) is 5.01. The van der Waals surface area contributed by atoms with Crippen molar-refractivity contribution in [2.24, 2.45) is 0 Å². The molecule has 1 aliphatic heterocycles. The summed E-state index contributed by atoms with van der Waals surface area (Å²) in [5, 5.41) is 2.94. The lowest BCUT2D eigenvalue weighted by atomic mass is 10.1. The van der Waals surface area contributed by atoms with Gasteiger partial charge < -0.3 is 15.0 Å². The van der Waals surface area contributed by atoms with E-state index in [4.69, 9.17) is 4.74 Å². The van der Waals surface area contributed by atoms with E-state index in [1.807, 2.05) is 12.1 Å². The van der Waals surface area contributed by atoms with E-state index in [2.05, 4.69) is 33.4 Å². The van der Waals surface area contributed by atoms with Gasteiger partial charge in [-0.25, -0.2) is 4.79 Å². The molecular formula is C13H17BrN2O2. The van der Waals surface area contributed by atoms with Crippen molar-refractivity contribution in [3.8, 4) is 0 Å². The monoisotopic (exact) mass is 312 g/mol. The van der Waals surface area contributed by atoms with Gasteiger partial charge in [0, 0.05) is 24.1 Å². The zero-order valence-corrected chi connectivity index (χ0v) is 11.8. The highest BCUT2D eigenvalue weighted by molar-refractivity contribution is 9.10. The molecule has 0 bridgehead atoms. The summed E-state index contributed by atoms with van der Waals surface area (Å²) in [4.78, 5) is 13.6. The SMILES string of the molecule is O=C(NCCc1ccc(Br)cc1)N1CCOCC1. The number of halogens is 1. The lowest BCUT2D eigenvalue weighted by molar-refractivity contribution is 0.0533. The third-order valence-corrected chi connectivity index (χ3v) is 3.43. The van der Waals surface area contributed by atoms with Crippen molar-refractivity contribution in [2.45, 2.75) is 6.42 Å². The molecule has 1 aliphatic rings. The zero-order chi connectivity index (χ0) is 12.8. The van der Waals surface area contributed by atoms with Crippen molar-refractivity contribution in [2.75, 3.05) is 32.8 Å². The largest absolute Gasteiger partial charge is 0.378 e. The number of rotatable bonds is 3. The van der Waals surface area contributed by atoms with Crippen LogP contribution in [0.1, 0.15) is 5.56 Å². The summed E-state index contributed by atoms with van der Waals surface area (Å²) >= 11 is 3.40. The fraction of sp³-hybridized carbons (Fsp3) is 0.462. The second kappa shape index (κ2) is 6.75. The fourth-order valence-corrected chi connectivity index (χ4v) is 2.11. The Morgan fingerprint density at radius 1 is 1.28 bits per heavy atom. The smallest absolute Gasteiger partial charge is 0.317 e. The minimum absolute atomic E-state index is 0.00964. The first-order chi connectivity index (χ1) is 8.75. The predicted octanol–water partition coefficient (Wildman–Crippen LogP) is 2.03. The van der Waals surface area contributed by atoms with Gasteiger partial charge in [0.1, 0.15) is 0 Å². The summed E-state index contributed by atoms with van der Waals surface area (Å²) in [7, 11) is 0. The molecule has 2 amide bonds. The van der Waals surface area contributed by atoms with Gasteiger partial charge in [-0.3, -0.25) is 0 Å². The molecule has 0 radical (unpaired) electrons. The number of morpholine rings is 1. The quantitative estimate of drug-likeness (QED) is 0.928. The lowest BCUT2D eigenvalue weighted by Gasteiger charge is -2.26. The number of carbonyl (C=O) groups excluding carboxylic acids is 1. The Labute approximate surface area is 115 Å². The normalized spacial score (nSPS) is 15.5. The number of urea groups is 1. The second-order valence-electron chi connectivity index (χ2n) is 4.21. The molecule has 1 aromatic rings. The molecule has 0 aliphatic carbocycles. The van der Waals surface area contributed by atoms with Crippen LogP contribution in [0.15, 0.2) is 28.7 Å². The number of nitrogens with zero attached hydrogens (tertiary/aromatic N) is 1. The molecule has 0 atom stereocenters. The van der Waals surface area contributed by atoms with E-state index in [1.54, 1.807) is 4.90 Å². The Balaban J connectivity index is 1.71. The summed E-state index contributed by atoms with van der Waals surface area (Å²) < 4.78 is 6.28. The number of carbonyl (C=O) groups is 1. The third kappa shape index (κ3) is 3.99. The van der Waals surface area contributed by atoms with Gasteiger partial charge in [-0.2, -0.15) is 0 Å². The summed E-state index contributed by atoms with van der Waals surface area (Å²) in [5.41, 5.74) is 1.22. The highest BCUT2D eigenvalue weighted by Gasteiger charge is 2.15. The molecule has 1 N–H and O–H groups in total. The number of nitrogens with one attached hydrogen (secondary N) is 1. The van der Waals surface area contributed by atoms with E-state index in [9.17, 15) is 4.79 Å². The van der Waals surface area contributed by atoms with Crippen LogP contribution in [0.3, 0.4) is 0 Å². The molecule has 1 saturated heterocycles. The lowest BCUT2D eigenvalue weighted by Crippen LogP contribution is -2.46. The highest BCUT2D eigenvalue weighted by Crippen LogP contribution is 2.10. The van der Waals surface area contributed by atoms with Crippen molar-refractivity contribution in [1.29, 1.82) is 0 Å². The van der Waals surface area contributed by atoms with Gasteiger partial charge in [0.05, 0.1) is 13.2 Å². The number of benzene rings is 1. The molecule has 0 unspecified atom stereocenters. The molecule has 5 heteroatoms. The second-order valence-corrected chi connectivity index (χ2v) is 5.12. The van der Waals surface area contributed by atoms with Crippen LogP contribution < -0.4 is 5.32 Å². The molecule has 4 nitrogen and oxygen atoms in total. The molecule has 0 saturated carbocycles. The number of hydrogen-bond acceptors (Lipinski definition) is 2. The van der Waals surface area contributed by atoms with Crippen LogP contribution in [-0.2, 0) is 11.2 Å². The van der Waals surface area contributed by atoms with E-state index in [-0.39, 0.29) is 6.03 Å². The molecule has 1 fully saturated rings. The summed E-state index contributed by atoms with van der Waals surface area (Å²) in [6.07, 6.45) is 0.851. The molecule has 98 valence electrons. The van der Waals surface area contributed by atoms with E-state index in [0.29, 0.717) is 32.8 Å². The van der Waals surface area contributed by atoms with Crippen molar-refractivity contribution >= 4 is 22.0 Å². The van der Waals surface area contributed by atoms with Crippen LogP contribution in [0.4, 0.5) is 4.79 Å². The predicted molar refractivity (Wildman–Crippen MR) is 73.6 cm³/mol. The molecular weight excluding hydrogens is 296 g/mol. The first-order valence-corrected chi connectivity index (χ1v) is 6.90. The van der Waals surface area contributed by atoms with E-state index in [1.165, 1.54) is 5.56 Å². The van der Waals surface area contributed by atoms with Gasteiger partial charge in [0.25, 0.3) is 0 Å². The Morgan fingerprint density at radius 2 is 1.94 bits per heavy atom. The molecule has 0 spiro atoms. The van der Waals surface area contributed by atoms with E-state index >= 15 is 0 Å². The van der Waals surface area contributed by atoms with Crippen LogP contribution >= 0.6 is 15.9 Å². The van der Waals surface area contributed by atoms with Gasteiger partial charge in [0.15, 0.2) is 0 Å². The standard InChI is InChI=1S/C13H17BrN2O2/c14-12-3-1-11(2-4-12)5-6-15-13(17)16-7-9-18-10-8-16/h1-4H,5-10H2,(H,15,17). The maximum absolute atomic E-state index is 11.8. The summed E-state index contributed by atoms with van der Waals surface area (Å²) in [6, 6.07) is 8.16. The van der Waals surface area contributed by atoms with Crippen molar-refractivity contribution in [1.82, 2.24) is 10.2 Å². The fourth-order valence-electron chi connectivity index (χ4n) is 1.84. The number of hydrogen-bond donors (Lipinski definition) is 1. The topological polar surface area (TPSA) is 41.6 Å². The van der Waals surface area contributed by atoms with Gasteiger partial charge >= 0.3 is 6.03 Å². The van der Waals surface area contributed by atoms with E-state index in [0.717, 1.165) is 10.9 Å². The Morgan fingerprint density at radius 3 is 2.61 bits per heavy atom. The van der Waals surface area contributed by atoms with Crippen LogP contribution in [-0.4, -0.2) is 43.8 Å². The molecule has 0 aromatic heterocycles. The number of ether oxygens (including phenoxy) is 1. The average molecular weight is 313 g/mol. The van der Waals surface area contributed by atoms with Crippen LogP contribution in [0.25, 0.3) is 0 Å². The Bertz CT molecular complexity index is 388. The maximum Gasteiger partial charge on any atom is 0.317 e. The summed E-state index contributed by atoms with van der Waals surface area (Å²) in [5.74, 6) is 0. The van der Waals surface area contributed by atoms with Gasteiger partial charge in [-0.15, -0.1) is 0 Å². The first-order valence-electron chi connectivity index (χ1n) is 6.10. The molecule has 2 rings (SSSR count). The molecule has 18 heavy (non-hydrogen) atoms.